The van der Waals surface area contributed by atoms with Crippen molar-refractivity contribution in [2.24, 2.45) is 0 Å². The Hall–Kier alpha value is -1.90. The summed E-state index contributed by atoms with van der Waals surface area (Å²) in [7, 11) is 0. The lowest BCUT2D eigenvalue weighted by Gasteiger charge is -2.04. The van der Waals surface area contributed by atoms with Gasteiger partial charge in [-0.05, 0) is 18.6 Å². The summed E-state index contributed by atoms with van der Waals surface area (Å²) in [5, 5.41) is 4.20. The molecule has 0 aliphatic heterocycles. The van der Waals surface area contributed by atoms with Crippen LogP contribution in [0.5, 0.6) is 0 Å². The number of nitrogens with zero attached hydrogens (tertiary/aromatic N) is 2. The van der Waals surface area contributed by atoms with Crippen LogP contribution in [0, 0.1) is 0 Å². The first kappa shape index (κ1) is 9.65. The number of carbonyl (C=O) groups is 1. The van der Waals surface area contributed by atoms with Crippen molar-refractivity contribution in [1.29, 1.82) is 0 Å². The average Bonchev–Trinajstić information content (AvgIpc) is 2.77. The van der Waals surface area contributed by atoms with E-state index in [0.717, 1.165) is 24.1 Å². The van der Waals surface area contributed by atoms with E-state index in [1.165, 1.54) is 0 Å². The SMILES string of the molecule is CCn1nccc1-c1ccc(C=O)cc1. The fourth-order valence-electron chi connectivity index (χ4n) is 1.56. The van der Waals surface area contributed by atoms with Gasteiger partial charge in [0, 0.05) is 18.3 Å². The molecular formula is C12H12N2O. The summed E-state index contributed by atoms with van der Waals surface area (Å²) in [5.41, 5.74) is 2.86. The molecule has 2 rings (SSSR count). The molecule has 2 aromatic rings. The zero-order chi connectivity index (χ0) is 10.7. The van der Waals surface area contributed by atoms with Crippen molar-refractivity contribution in [2.45, 2.75) is 13.5 Å². The van der Waals surface area contributed by atoms with Gasteiger partial charge in [-0.15, -0.1) is 0 Å². The minimum absolute atomic E-state index is 0.696. The van der Waals surface area contributed by atoms with Crippen molar-refractivity contribution in [3.63, 3.8) is 0 Å². The smallest absolute Gasteiger partial charge is 0.150 e. The molecule has 0 saturated heterocycles. The Balaban J connectivity index is 2.41. The van der Waals surface area contributed by atoms with Crippen molar-refractivity contribution in [1.82, 2.24) is 9.78 Å². The topological polar surface area (TPSA) is 34.9 Å². The normalized spacial score (nSPS) is 10.2. The highest BCUT2D eigenvalue weighted by atomic mass is 16.1. The highest BCUT2D eigenvalue weighted by molar-refractivity contribution is 5.76. The molecule has 3 nitrogen and oxygen atoms in total. The Morgan fingerprint density at radius 1 is 1.27 bits per heavy atom. The molecule has 1 aromatic heterocycles. The van der Waals surface area contributed by atoms with Gasteiger partial charge in [0.1, 0.15) is 6.29 Å². The fraction of sp³-hybridized carbons (Fsp3) is 0.167. The Morgan fingerprint density at radius 3 is 2.60 bits per heavy atom. The number of carbonyl (C=O) groups excluding carboxylic acids is 1. The fourth-order valence-corrected chi connectivity index (χ4v) is 1.56. The van der Waals surface area contributed by atoms with Crippen LogP contribution in [0.15, 0.2) is 36.5 Å². The van der Waals surface area contributed by atoms with Gasteiger partial charge in [-0.3, -0.25) is 9.48 Å². The van der Waals surface area contributed by atoms with E-state index in [2.05, 4.69) is 12.0 Å². The molecule has 0 bridgehead atoms. The first-order valence-corrected chi connectivity index (χ1v) is 4.92. The van der Waals surface area contributed by atoms with Gasteiger partial charge in [0.15, 0.2) is 0 Å². The van der Waals surface area contributed by atoms with Gasteiger partial charge in [0.2, 0.25) is 0 Å². The maximum absolute atomic E-state index is 10.5. The summed E-state index contributed by atoms with van der Waals surface area (Å²) in [6, 6.07) is 9.48. The monoisotopic (exact) mass is 200 g/mol. The summed E-state index contributed by atoms with van der Waals surface area (Å²) < 4.78 is 1.93. The van der Waals surface area contributed by atoms with Crippen molar-refractivity contribution in [2.75, 3.05) is 0 Å². The van der Waals surface area contributed by atoms with Gasteiger partial charge in [-0.1, -0.05) is 24.3 Å². The van der Waals surface area contributed by atoms with Gasteiger partial charge in [-0.2, -0.15) is 5.10 Å². The second-order valence-electron chi connectivity index (χ2n) is 3.27. The van der Waals surface area contributed by atoms with Crippen LogP contribution in [0.25, 0.3) is 11.3 Å². The molecular weight excluding hydrogens is 188 g/mol. The van der Waals surface area contributed by atoms with E-state index in [1.54, 1.807) is 6.20 Å². The molecule has 3 heteroatoms. The zero-order valence-electron chi connectivity index (χ0n) is 8.55. The van der Waals surface area contributed by atoms with E-state index in [-0.39, 0.29) is 0 Å². The first-order valence-electron chi connectivity index (χ1n) is 4.92. The van der Waals surface area contributed by atoms with Crippen LogP contribution < -0.4 is 0 Å². The number of hydrogen-bond acceptors (Lipinski definition) is 2. The van der Waals surface area contributed by atoms with E-state index < -0.39 is 0 Å². The standard InChI is InChI=1S/C12H12N2O/c1-2-14-12(7-8-13-14)11-5-3-10(9-15)4-6-11/h3-9H,2H2,1H3. The molecule has 1 heterocycles. The number of hydrogen-bond donors (Lipinski definition) is 0. The van der Waals surface area contributed by atoms with E-state index in [4.69, 9.17) is 0 Å². The van der Waals surface area contributed by atoms with E-state index in [9.17, 15) is 4.79 Å². The van der Waals surface area contributed by atoms with Crippen molar-refractivity contribution in [3.05, 3.63) is 42.1 Å². The molecule has 15 heavy (non-hydrogen) atoms. The molecule has 0 atom stereocenters. The molecule has 0 N–H and O–H groups in total. The Labute approximate surface area is 88.4 Å². The lowest BCUT2D eigenvalue weighted by Crippen LogP contribution is -1.98. The highest BCUT2D eigenvalue weighted by Gasteiger charge is 2.03. The third kappa shape index (κ3) is 1.81. The van der Waals surface area contributed by atoms with Crippen LogP contribution >= 0.6 is 0 Å². The summed E-state index contributed by atoms with van der Waals surface area (Å²) in [6.45, 7) is 2.90. The maximum Gasteiger partial charge on any atom is 0.150 e. The van der Waals surface area contributed by atoms with Crippen molar-refractivity contribution < 1.29 is 4.79 Å². The predicted octanol–water partition coefficient (Wildman–Crippen LogP) is 2.38. The van der Waals surface area contributed by atoms with E-state index in [1.807, 2.05) is 35.0 Å². The quantitative estimate of drug-likeness (QED) is 0.713. The number of aromatic nitrogens is 2. The van der Waals surface area contributed by atoms with Crippen LogP contribution in [0.3, 0.4) is 0 Å². The Morgan fingerprint density at radius 2 is 2.00 bits per heavy atom. The van der Waals surface area contributed by atoms with Gasteiger partial charge >= 0.3 is 0 Å². The minimum atomic E-state index is 0.696. The molecule has 0 unspecified atom stereocenters. The lowest BCUT2D eigenvalue weighted by molar-refractivity contribution is 0.112. The highest BCUT2D eigenvalue weighted by Crippen LogP contribution is 2.18. The largest absolute Gasteiger partial charge is 0.298 e. The zero-order valence-corrected chi connectivity index (χ0v) is 8.55. The summed E-state index contributed by atoms with van der Waals surface area (Å²) in [5.74, 6) is 0. The van der Waals surface area contributed by atoms with E-state index in [0.29, 0.717) is 5.56 Å². The number of aldehydes is 1. The van der Waals surface area contributed by atoms with Gasteiger partial charge < -0.3 is 0 Å². The number of benzene rings is 1. The lowest BCUT2D eigenvalue weighted by atomic mass is 10.1. The molecule has 0 fully saturated rings. The van der Waals surface area contributed by atoms with Crippen molar-refractivity contribution in [3.8, 4) is 11.3 Å². The average molecular weight is 200 g/mol. The predicted molar refractivity (Wildman–Crippen MR) is 58.7 cm³/mol. The summed E-state index contributed by atoms with van der Waals surface area (Å²) >= 11 is 0. The number of aryl methyl sites for hydroxylation is 1. The molecule has 0 saturated carbocycles. The second-order valence-corrected chi connectivity index (χ2v) is 3.27. The van der Waals surface area contributed by atoms with Crippen LogP contribution in [-0.2, 0) is 6.54 Å². The Bertz CT molecular complexity index is 457. The number of rotatable bonds is 3. The molecule has 76 valence electrons. The molecule has 1 aromatic carbocycles. The van der Waals surface area contributed by atoms with Gasteiger partial charge in [0.05, 0.1) is 5.69 Å². The maximum atomic E-state index is 10.5. The van der Waals surface area contributed by atoms with Crippen LogP contribution in [0.2, 0.25) is 0 Å². The first-order chi connectivity index (χ1) is 7.35. The third-order valence-electron chi connectivity index (χ3n) is 2.36. The molecule has 0 aliphatic carbocycles. The summed E-state index contributed by atoms with van der Waals surface area (Å²) in [4.78, 5) is 10.5. The van der Waals surface area contributed by atoms with Crippen LogP contribution in [0.4, 0.5) is 0 Å². The summed E-state index contributed by atoms with van der Waals surface area (Å²) in [6.07, 6.45) is 2.63. The third-order valence-corrected chi connectivity index (χ3v) is 2.36. The minimum Gasteiger partial charge on any atom is -0.298 e. The second kappa shape index (κ2) is 4.09. The van der Waals surface area contributed by atoms with Gasteiger partial charge in [-0.25, -0.2) is 0 Å². The molecule has 0 amide bonds. The molecule has 0 radical (unpaired) electrons. The Kier molecular flexibility index (Phi) is 2.63. The van der Waals surface area contributed by atoms with Crippen LogP contribution in [-0.4, -0.2) is 16.1 Å². The van der Waals surface area contributed by atoms with Crippen molar-refractivity contribution >= 4 is 6.29 Å². The van der Waals surface area contributed by atoms with Gasteiger partial charge in [0.25, 0.3) is 0 Å². The van der Waals surface area contributed by atoms with E-state index >= 15 is 0 Å². The molecule has 0 aliphatic rings. The molecule has 0 spiro atoms. The van der Waals surface area contributed by atoms with Crippen LogP contribution in [0.1, 0.15) is 17.3 Å².